The van der Waals surface area contributed by atoms with Crippen LogP contribution in [0.4, 0.5) is 11.8 Å². The second-order valence-corrected chi connectivity index (χ2v) is 10.1. The number of aliphatic hydroxyl groups is 1. The highest BCUT2D eigenvalue weighted by Crippen LogP contribution is 2.36. The van der Waals surface area contributed by atoms with Crippen molar-refractivity contribution in [1.29, 1.82) is 5.26 Å². The van der Waals surface area contributed by atoms with Gasteiger partial charge in [0.25, 0.3) is 0 Å². The Morgan fingerprint density at radius 2 is 2.00 bits per heavy atom. The van der Waals surface area contributed by atoms with Crippen LogP contribution in [0.1, 0.15) is 44.2 Å². The second kappa shape index (κ2) is 9.18. The summed E-state index contributed by atoms with van der Waals surface area (Å²) in [5.74, 6) is 0.882. The highest BCUT2D eigenvalue weighted by Gasteiger charge is 2.35. The number of anilines is 2. The number of primary sulfonamides is 1. The lowest BCUT2D eigenvalue weighted by Gasteiger charge is -2.40. The van der Waals surface area contributed by atoms with Gasteiger partial charge in [-0.1, -0.05) is 26.0 Å². The van der Waals surface area contributed by atoms with Crippen molar-refractivity contribution in [2.45, 2.75) is 56.6 Å². The fourth-order valence-electron chi connectivity index (χ4n) is 3.76. The number of sulfonamides is 1. The van der Waals surface area contributed by atoms with Crippen molar-refractivity contribution in [3.8, 4) is 6.07 Å². The number of aromatic nitrogens is 2. The van der Waals surface area contributed by atoms with E-state index in [4.69, 9.17) is 5.14 Å². The molecule has 166 valence electrons. The molecule has 5 N–H and O–H groups in total. The molecule has 1 aliphatic carbocycles. The van der Waals surface area contributed by atoms with Crippen LogP contribution in [0.25, 0.3) is 0 Å². The smallest absolute Gasteiger partial charge is 0.238 e. The lowest BCUT2D eigenvalue weighted by Crippen LogP contribution is -2.41. The number of nitrogens with zero attached hydrogens (tertiary/aromatic N) is 3. The van der Waals surface area contributed by atoms with E-state index in [9.17, 15) is 18.8 Å². The Labute approximate surface area is 182 Å². The van der Waals surface area contributed by atoms with Gasteiger partial charge in [0.05, 0.1) is 17.2 Å². The van der Waals surface area contributed by atoms with Gasteiger partial charge >= 0.3 is 0 Å². The van der Waals surface area contributed by atoms with E-state index in [-0.39, 0.29) is 22.5 Å². The summed E-state index contributed by atoms with van der Waals surface area (Å²) in [4.78, 5) is 8.75. The van der Waals surface area contributed by atoms with Crippen LogP contribution in [-0.4, -0.2) is 42.2 Å². The van der Waals surface area contributed by atoms with Gasteiger partial charge in [-0.05, 0) is 48.8 Å². The molecule has 10 heteroatoms. The molecular formula is C21H28N6O3S. The highest BCUT2D eigenvalue weighted by atomic mass is 32.2. The Hall–Kier alpha value is -2.74. The molecular weight excluding hydrogens is 416 g/mol. The standard InChI is InChI=1S/C21H28N6O3S/c1-21(2)11-16(5-8-18(21)28)26-19-15(12-22)13-25-20(27-19)24-10-9-14-3-6-17(7-4-14)31(23,29)30/h3-4,6-7,13,16,18,28H,5,8-11H2,1-2H3,(H2,23,29,30)(H2,24,25,26,27)/t16-,18+/m1/s1. The van der Waals surface area contributed by atoms with Crippen LogP contribution in [0.2, 0.25) is 0 Å². The number of nitriles is 1. The monoisotopic (exact) mass is 444 g/mol. The lowest BCUT2D eigenvalue weighted by atomic mass is 9.73. The van der Waals surface area contributed by atoms with E-state index in [1.165, 1.54) is 18.3 Å². The fourth-order valence-corrected chi connectivity index (χ4v) is 4.28. The maximum Gasteiger partial charge on any atom is 0.238 e. The highest BCUT2D eigenvalue weighted by molar-refractivity contribution is 7.89. The molecule has 1 fully saturated rings. The Balaban J connectivity index is 1.62. The first-order valence-electron chi connectivity index (χ1n) is 10.2. The van der Waals surface area contributed by atoms with Gasteiger partial charge in [0.1, 0.15) is 17.5 Å². The summed E-state index contributed by atoms with van der Waals surface area (Å²) < 4.78 is 22.7. The Bertz CT molecular complexity index is 1060. The van der Waals surface area contributed by atoms with Gasteiger partial charge in [-0.2, -0.15) is 10.2 Å². The Morgan fingerprint density at radius 1 is 1.29 bits per heavy atom. The van der Waals surface area contributed by atoms with E-state index in [0.29, 0.717) is 36.7 Å². The van der Waals surface area contributed by atoms with Crippen LogP contribution in [-0.2, 0) is 16.4 Å². The van der Waals surface area contributed by atoms with E-state index < -0.39 is 10.0 Å². The second-order valence-electron chi connectivity index (χ2n) is 8.56. The number of nitrogens with one attached hydrogen (secondary N) is 2. The van der Waals surface area contributed by atoms with Crippen molar-refractivity contribution >= 4 is 21.8 Å². The van der Waals surface area contributed by atoms with Crippen molar-refractivity contribution in [3.63, 3.8) is 0 Å². The minimum Gasteiger partial charge on any atom is -0.393 e. The SMILES string of the molecule is CC1(C)C[C@H](Nc2nc(NCCc3ccc(S(N)(=O)=O)cc3)ncc2C#N)CC[C@@H]1O. The van der Waals surface area contributed by atoms with Crippen molar-refractivity contribution in [3.05, 3.63) is 41.6 Å². The predicted octanol–water partition coefficient (Wildman–Crippen LogP) is 2.00. The molecule has 9 nitrogen and oxygen atoms in total. The third-order valence-electron chi connectivity index (χ3n) is 5.66. The van der Waals surface area contributed by atoms with E-state index in [1.807, 2.05) is 13.8 Å². The van der Waals surface area contributed by atoms with Crippen molar-refractivity contribution in [2.24, 2.45) is 10.6 Å². The molecule has 0 bridgehead atoms. The van der Waals surface area contributed by atoms with Crippen molar-refractivity contribution < 1.29 is 13.5 Å². The summed E-state index contributed by atoms with van der Waals surface area (Å²) in [6.45, 7) is 4.61. The van der Waals surface area contributed by atoms with Gasteiger partial charge in [-0.3, -0.25) is 0 Å². The average molecular weight is 445 g/mol. The number of hydrogen-bond acceptors (Lipinski definition) is 8. The van der Waals surface area contributed by atoms with Gasteiger partial charge in [0.15, 0.2) is 0 Å². The number of aliphatic hydroxyl groups excluding tert-OH is 1. The molecule has 1 aliphatic rings. The number of benzene rings is 1. The maximum atomic E-state index is 11.3. The molecule has 1 aromatic heterocycles. The molecule has 0 unspecified atom stereocenters. The molecule has 1 aromatic carbocycles. The summed E-state index contributed by atoms with van der Waals surface area (Å²) >= 11 is 0. The van der Waals surface area contributed by atoms with Gasteiger partial charge in [-0.15, -0.1) is 0 Å². The first-order chi connectivity index (χ1) is 14.6. The first kappa shape index (κ1) is 22.9. The van der Waals surface area contributed by atoms with E-state index in [2.05, 4.69) is 26.7 Å². The molecule has 0 aliphatic heterocycles. The largest absolute Gasteiger partial charge is 0.393 e. The van der Waals surface area contributed by atoms with Crippen LogP contribution >= 0.6 is 0 Å². The summed E-state index contributed by atoms with van der Waals surface area (Å²) in [5.41, 5.74) is 1.11. The van der Waals surface area contributed by atoms with Gasteiger partial charge in [0, 0.05) is 12.6 Å². The molecule has 2 aromatic rings. The summed E-state index contributed by atoms with van der Waals surface area (Å²) in [6, 6.07) is 8.62. The van der Waals surface area contributed by atoms with Crippen molar-refractivity contribution in [2.75, 3.05) is 17.2 Å². The predicted molar refractivity (Wildman–Crippen MR) is 118 cm³/mol. The normalized spacial score (nSPS) is 20.6. The molecule has 0 radical (unpaired) electrons. The van der Waals surface area contributed by atoms with Crippen molar-refractivity contribution in [1.82, 2.24) is 9.97 Å². The summed E-state index contributed by atoms with van der Waals surface area (Å²) in [5, 5.41) is 31.2. The first-order valence-corrected chi connectivity index (χ1v) is 11.7. The molecule has 0 saturated heterocycles. The minimum absolute atomic E-state index is 0.0776. The molecule has 1 saturated carbocycles. The fraction of sp³-hybridized carbons (Fsp3) is 0.476. The molecule has 1 heterocycles. The summed E-state index contributed by atoms with van der Waals surface area (Å²) in [7, 11) is -3.70. The Morgan fingerprint density at radius 3 is 2.61 bits per heavy atom. The minimum atomic E-state index is -3.70. The van der Waals surface area contributed by atoms with E-state index >= 15 is 0 Å². The van der Waals surface area contributed by atoms with Crippen LogP contribution in [0, 0.1) is 16.7 Å². The third-order valence-corrected chi connectivity index (χ3v) is 6.59. The zero-order chi connectivity index (χ0) is 22.6. The number of rotatable bonds is 7. The molecule has 0 spiro atoms. The average Bonchev–Trinajstić information content (AvgIpc) is 2.70. The van der Waals surface area contributed by atoms with E-state index in [1.54, 1.807) is 12.1 Å². The Kier molecular flexibility index (Phi) is 6.79. The van der Waals surface area contributed by atoms with Crippen LogP contribution in [0.15, 0.2) is 35.4 Å². The third kappa shape index (κ3) is 5.91. The van der Waals surface area contributed by atoms with Crippen LogP contribution < -0.4 is 15.8 Å². The molecule has 31 heavy (non-hydrogen) atoms. The topological polar surface area (TPSA) is 154 Å². The number of hydrogen-bond donors (Lipinski definition) is 4. The maximum absolute atomic E-state index is 11.3. The van der Waals surface area contributed by atoms with E-state index in [0.717, 1.165) is 18.4 Å². The lowest BCUT2D eigenvalue weighted by molar-refractivity contribution is 0.00926. The zero-order valence-corrected chi connectivity index (χ0v) is 18.5. The van der Waals surface area contributed by atoms with Crippen LogP contribution in [0.3, 0.4) is 0 Å². The van der Waals surface area contributed by atoms with Gasteiger partial charge in [-0.25, -0.2) is 18.5 Å². The quantitative estimate of drug-likeness (QED) is 0.505. The number of nitrogens with two attached hydrogens (primary N) is 1. The zero-order valence-electron chi connectivity index (χ0n) is 17.7. The molecule has 2 atom stereocenters. The summed E-state index contributed by atoms with van der Waals surface area (Å²) in [6.07, 6.45) is 4.07. The van der Waals surface area contributed by atoms with Gasteiger partial charge in [0.2, 0.25) is 16.0 Å². The molecule has 3 rings (SSSR count). The van der Waals surface area contributed by atoms with Crippen LogP contribution in [0.5, 0.6) is 0 Å². The molecule has 0 amide bonds. The van der Waals surface area contributed by atoms with Gasteiger partial charge < -0.3 is 15.7 Å².